The molecule has 1 aromatic rings. The first-order valence-electron chi connectivity index (χ1n) is 7.88. The lowest BCUT2D eigenvalue weighted by Crippen LogP contribution is -2.40. The minimum absolute atomic E-state index is 0.401. The van der Waals surface area contributed by atoms with Crippen LogP contribution in [0.4, 0.5) is 0 Å². The van der Waals surface area contributed by atoms with Crippen LogP contribution in [0.2, 0.25) is 5.15 Å². The molecule has 0 aliphatic rings. The first-order valence-corrected chi connectivity index (χ1v) is 8.25. The lowest BCUT2D eigenvalue weighted by atomic mass is 9.98. The number of aliphatic hydroxyl groups is 1. The average molecular weight is 327 g/mol. The average Bonchev–Trinajstić information content (AvgIpc) is 2.54. The molecule has 0 saturated heterocycles. The van der Waals surface area contributed by atoms with E-state index in [4.69, 9.17) is 11.6 Å². The summed E-state index contributed by atoms with van der Waals surface area (Å²) in [6.07, 6.45) is 4.01. The number of pyridine rings is 1. The third-order valence-corrected chi connectivity index (χ3v) is 3.91. The second-order valence-electron chi connectivity index (χ2n) is 5.29. The summed E-state index contributed by atoms with van der Waals surface area (Å²) in [6, 6.07) is 3.76. The Morgan fingerprint density at radius 1 is 1.27 bits per heavy atom. The van der Waals surface area contributed by atoms with Crippen LogP contribution in [0.15, 0.2) is 23.3 Å². The normalized spacial score (nSPS) is 12.3. The van der Waals surface area contributed by atoms with Gasteiger partial charge in [-0.05, 0) is 37.8 Å². The second-order valence-corrected chi connectivity index (χ2v) is 5.68. The highest BCUT2D eigenvalue weighted by atomic mass is 35.5. The van der Waals surface area contributed by atoms with Gasteiger partial charge in [0.15, 0.2) is 5.96 Å². The van der Waals surface area contributed by atoms with Crippen molar-refractivity contribution in [2.24, 2.45) is 4.99 Å². The Hall–Kier alpha value is -1.33. The maximum Gasteiger partial charge on any atom is 0.191 e. The van der Waals surface area contributed by atoms with Crippen molar-refractivity contribution in [2.45, 2.75) is 45.6 Å². The van der Waals surface area contributed by atoms with Crippen molar-refractivity contribution in [1.82, 2.24) is 15.6 Å². The number of nitrogens with one attached hydrogen (secondary N) is 2. The van der Waals surface area contributed by atoms with Crippen LogP contribution < -0.4 is 10.6 Å². The fourth-order valence-electron chi connectivity index (χ4n) is 1.92. The molecule has 0 amide bonds. The molecule has 0 aromatic carbocycles. The van der Waals surface area contributed by atoms with E-state index in [1.54, 1.807) is 12.3 Å². The van der Waals surface area contributed by atoms with Gasteiger partial charge in [-0.3, -0.25) is 4.99 Å². The van der Waals surface area contributed by atoms with Crippen molar-refractivity contribution >= 4 is 17.6 Å². The van der Waals surface area contributed by atoms with Gasteiger partial charge in [0.25, 0.3) is 0 Å². The van der Waals surface area contributed by atoms with Crippen LogP contribution >= 0.6 is 11.6 Å². The van der Waals surface area contributed by atoms with E-state index in [1.165, 1.54) is 0 Å². The van der Waals surface area contributed by atoms with Gasteiger partial charge in [-0.15, -0.1) is 0 Å². The summed E-state index contributed by atoms with van der Waals surface area (Å²) in [6.45, 7) is 7.90. The van der Waals surface area contributed by atoms with E-state index in [1.807, 2.05) is 26.8 Å². The lowest BCUT2D eigenvalue weighted by molar-refractivity contribution is 0.0418. The molecule has 0 bridgehead atoms. The largest absolute Gasteiger partial charge is 0.388 e. The van der Waals surface area contributed by atoms with Crippen LogP contribution in [0.3, 0.4) is 0 Å². The summed E-state index contributed by atoms with van der Waals surface area (Å²) in [5.41, 5.74) is 0.397. The van der Waals surface area contributed by atoms with E-state index >= 15 is 0 Å². The van der Waals surface area contributed by atoms with Crippen LogP contribution in [-0.4, -0.2) is 41.3 Å². The van der Waals surface area contributed by atoms with Gasteiger partial charge in [-0.2, -0.15) is 0 Å². The maximum atomic E-state index is 10.3. The van der Waals surface area contributed by atoms with E-state index in [-0.39, 0.29) is 0 Å². The smallest absolute Gasteiger partial charge is 0.191 e. The Morgan fingerprint density at radius 3 is 2.55 bits per heavy atom. The van der Waals surface area contributed by atoms with Crippen LogP contribution in [0.25, 0.3) is 0 Å². The summed E-state index contributed by atoms with van der Waals surface area (Å²) in [7, 11) is 0. The van der Waals surface area contributed by atoms with E-state index < -0.39 is 5.60 Å². The predicted molar refractivity (Wildman–Crippen MR) is 92.5 cm³/mol. The molecule has 0 atom stereocenters. The molecular formula is C16H27ClN4O. The number of rotatable bonds is 8. The molecule has 5 nitrogen and oxygen atoms in total. The van der Waals surface area contributed by atoms with Gasteiger partial charge >= 0.3 is 0 Å². The van der Waals surface area contributed by atoms with Crippen LogP contribution in [-0.2, 0) is 6.42 Å². The lowest BCUT2D eigenvalue weighted by Gasteiger charge is -2.23. The quantitative estimate of drug-likeness (QED) is 0.390. The fraction of sp³-hybridized carbons (Fsp3) is 0.625. The summed E-state index contributed by atoms with van der Waals surface area (Å²) < 4.78 is 0. The molecule has 0 radical (unpaired) electrons. The van der Waals surface area contributed by atoms with Crippen molar-refractivity contribution in [3.8, 4) is 0 Å². The third-order valence-electron chi connectivity index (χ3n) is 3.69. The zero-order chi connectivity index (χ0) is 16.4. The maximum absolute atomic E-state index is 10.3. The van der Waals surface area contributed by atoms with Crippen molar-refractivity contribution < 1.29 is 5.11 Å². The highest BCUT2D eigenvalue weighted by molar-refractivity contribution is 6.29. The summed E-state index contributed by atoms with van der Waals surface area (Å²) in [4.78, 5) is 8.54. The van der Waals surface area contributed by atoms with Crippen LogP contribution in [0.5, 0.6) is 0 Å². The van der Waals surface area contributed by atoms with Gasteiger partial charge in [0, 0.05) is 19.3 Å². The number of aliphatic imine (C=N–C) groups is 1. The van der Waals surface area contributed by atoms with Gasteiger partial charge in [-0.25, -0.2) is 4.98 Å². The molecule has 0 unspecified atom stereocenters. The second kappa shape index (κ2) is 9.64. The molecule has 22 heavy (non-hydrogen) atoms. The molecule has 124 valence electrons. The molecular weight excluding hydrogens is 300 g/mol. The molecule has 6 heteroatoms. The molecule has 0 spiro atoms. The minimum Gasteiger partial charge on any atom is -0.388 e. The van der Waals surface area contributed by atoms with Crippen molar-refractivity contribution in [3.05, 3.63) is 29.0 Å². The number of hydrogen-bond donors (Lipinski definition) is 3. The Bertz CT molecular complexity index is 458. The zero-order valence-electron chi connectivity index (χ0n) is 13.7. The Labute approximate surface area is 138 Å². The Morgan fingerprint density at radius 2 is 2.00 bits per heavy atom. The van der Waals surface area contributed by atoms with Crippen LogP contribution in [0, 0.1) is 0 Å². The molecule has 3 N–H and O–H groups in total. The summed E-state index contributed by atoms with van der Waals surface area (Å²) in [5, 5.41) is 17.3. The fourth-order valence-corrected chi connectivity index (χ4v) is 2.03. The highest BCUT2D eigenvalue weighted by Crippen LogP contribution is 2.14. The molecule has 0 aliphatic carbocycles. The first-order chi connectivity index (χ1) is 10.5. The zero-order valence-corrected chi connectivity index (χ0v) is 14.5. The van der Waals surface area contributed by atoms with Gasteiger partial charge in [0.1, 0.15) is 5.15 Å². The molecule has 1 aromatic heterocycles. The molecule has 0 saturated carbocycles. The van der Waals surface area contributed by atoms with Crippen LogP contribution in [0.1, 0.15) is 39.2 Å². The minimum atomic E-state index is -0.720. The van der Waals surface area contributed by atoms with Gasteiger partial charge in [0.05, 0.1) is 12.1 Å². The van der Waals surface area contributed by atoms with E-state index in [2.05, 4.69) is 20.6 Å². The third kappa shape index (κ3) is 6.62. The molecule has 1 rings (SSSR count). The number of nitrogens with zero attached hydrogens (tertiary/aromatic N) is 2. The number of hydrogen-bond acceptors (Lipinski definition) is 3. The summed E-state index contributed by atoms with van der Waals surface area (Å²) in [5.74, 6) is 0.727. The standard InChI is InChI=1S/C16H27ClN4O/c1-4-16(22,5-2)12-21-15(18-6-3)19-10-9-13-7-8-14(17)20-11-13/h7-8,11,22H,4-6,9-10,12H2,1-3H3,(H2,18,19,21). The monoisotopic (exact) mass is 326 g/mol. The molecule has 0 aliphatic heterocycles. The topological polar surface area (TPSA) is 69.5 Å². The predicted octanol–water partition coefficient (Wildman–Crippen LogP) is 2.38. The number of halogens is 1. The molecule has 0 fully saturated rings. The van der Waals surface area contributed by atoms with E-state index in [9.17, 15) is 5.11 Å². The van der Waals surface area contributed by atoms with E-state index in [0.29, 0.717) is 24.5 Å². The number of guanidine groups is 1. The van der Waals surface area contributed by atoms with E-state index in [0.717, 1.165) is 31.0 Å². The van der Waals surface area contributed by atoms with Gasteiger partial charge < -0.3 is 15.7 Å². The highest BCUT2D eigenvalue weighted by Gasteiger charge is 2.21. The summed E-state index contributed by atoms with van der Waals surface area (Å²) >= 11 is 5.77. The first kappa shape index (κ1) is 18.7. The Balaban J connectivity index is 2.51. The van der Waals surface area contributed by atoms with Crippen molar-refractivity contribution in [1.29, 1.82) is 0 Å². The van der Waals surface area contributed by atoms with Gasteiger partial charge in [0.2, 0.25) is 0 Å². The Kier molecular flexibility index (Phi) is 8.20. The van der Waals surface area contributed by atoms with Crippen molar-refractivity contribution in [2.75, 3.05) is 19.6 Å². The van der Waals surface area contributed by atoms with Crippen molar-refractivity contribution in [3.63, 3.8) is 0 Å². The SMILES string of the molecule is CCNC(=NCC(O)(CC)CC)NCCc1ccc(Cl)nc1. The molecule has 1 heterocycles. The number of aromatic nitrogens is 1. The van der Waals surface area contributed by atoms with Gasteiger partial charge in [-0.1, -0.05) is 31.5 Å².